The van der Waals surface area contributed by atoms with Crippen LogP contribution in [0.3, 0.4) is 0 Å². The molecule has 0 radical (unpaired) electrons. The number of hydrogen-bond donors (Lipinski definition) is 0. The molecule has 4 heterocycles. The molecule has 75 heavy (non-hydrogen) atoms. The highest BCUT2D eigenvalue weighted by Gasteiger charge is 2.42. The fourth-order valence-electron chi connectivity index (χ4n) is 11.6. The van der Waals surface area contributed by atoms with Gasteiger partial charge in [-0.2, -0.15) is 0 Å². The van der Waals surface area contributed by atoms with Crippen molar-refractivity contribution in [1.29, 1.82) is 0 Å². The molecule has 0 bridgehead atoms. The lowest BCUT2D eigenvalue weighted by Crippen LogP contribution is -2.57. The molecular formula is C66H43B2N3O4. The molecule has 0 spiro atoms. The molecule has 15 rings (SSSR count). The molecule has 4 aliphatic heterocycles. The zero-order chi connectivity index (χ0) is 49.4. The fraction of sp³-hybridized carbons (Fsp3) is 0. The summed E-state index contributed by atoms with van der Waals surface area (Å²) in [5.74, 6) is 6.35. The Kier molecular flexibility index (Phi) is 9.95. The number of para-hydroxylation sites is 8. The Morgan fingerprint density at radius 2 is 0.413 bits per heavy atom. The molecule has 0 fully saturated rings. The van der Waals surface area contributed by atoms with Crippen LogP contribution in [-0.4, -0.2) is 13.4 Å². The molecule has 7 nitrogen and oxygen atoms in total. The van der Waals surface area contributed by atoms with Crippen LogP contribution in [0.15, 0.2) is 261 Å². The molecule has 9 heteroatoms. The second-order valence-corrected chi connectivity index (χ2v) is 19.2. The molecule has 0 saturated carbocycles. The predicted octanol–water partition coefficient (Wildman–Crippen LogP) is 13.6. The normalized spacial score (nSPS) is 12.6. The van der Waals surface area contributed by atoms with E-state index in [4.69, 9.17) is 18.9 Å². The Balaban J connectivity index is 0.982. The first-order valence-electron chi connectivity index (χ1n) is 25.4. The average Bonchev–Trinajstić information content (AvgIpc) is 3.49. The summed E-state index contributed by atoms with van der Waals surface area (Å²) in [6.45, 7) is -0.119. The van der Waals surface area contributed by atoms with Gasteiger partial charge in [0.05, 0.1) is 28.4 Å². The highest BCUT2D eigenvalue weighted by Crippen LogP contribution is 2.49. The number of hydrogen-bond acceptors (Lipinski definition) is 7. The topological polar surface area (TPSA) is 46.6 Å². The van der Waals surface area contributed by atoms with Gasteiger partial charge in [-0.15, -0.1) is 0 Å². The minimum absolute atomic E-state index is 0.0594. The Bertz CT molecular complexity index is 3620. The average molecular weight is 964 g/mol. The first-order valence-corrected chi connectivity index (χ1v) is 25.4. The van der Waals surface area contributed by atoms with Crippen molar-refractivity contribution in [3.63, 3.8) is 0 Å². The van der Waals surface area contributed by atoms with Crippen molar-refractivity contribution in [3.8, 4) is 46.0 Å². The van der Waals surface area contributed by atoms with E-state index in [1.165, 1.54) is 0 Å². The summed E-state index contributed by atoms with van der Waals surface area (Å²) in [5, 5.41) is 0. The Morgan fingerprint density at radius 1 is 0.200 bits per heavy atom. The molecule has 0 aliphatic carbocycles. The van der Waals surface area contributed by atoms with E-state index in [-0.39, 0.29) is 13.4 Å². The zero-order valence-corrected chi connectivity index (χ0v) is 40.5. The van der Waals surface area contributed by atoms with Gasteiger partial charge in [0.15, 0.2) is 0 Å². The summed E-state index contributed by atoms with van der Waals surface area (Å²) in [7, 11) is 0. The molecule has 11 aromatic rings. The van der Waals surface area contributed by atoms with Crippen LogP contribution in [0.1, 0.15) is 0 Å². The number of anilines is 9. The molecular weight excluding hydrogens is 920 g/mol. The Morgan fingerprint density at radius 3 is 0.680 bits per heavy atom. The van der Waals surface area contributed by atoms with E-state index in [1.54, 1.807) is 0 Å². The first-order chi connectivity index (χ1) is 37.2. The van der Waals surface area contributed by atoms with Crippen molar-refractivity contribution in [2.45, 2.75) is 0 Å². The zero-order valence-electron chi connectivity index (χ0n) is 40.5. The van der Waals surface area contributed by atoms with Gasteiger partial charge in [0.2, 0.25) is 0 Å². The van der Waals surface area contributed by atoms with E-state index < -0.39 is 0 Å². The number of fused-ring (bicyclic) bond motifs is 8. The molecule has 0 amide bonds. The number of nitrogens with zero attached hydrogens (tertiary/aromatic N) is 3. The predicted molar refractivity (Wildman–Crippen MR) is 306 cm³/mol. The summed E-state index contributed by atoms with van der Waals surface area (Å²) in [5.41, 5.74) is 14.9. The second-order valence-electron chi connectivity index (χ2n) is 19.2. The van der Waals surface area contributed by atoms with Crippen LogP contribution >= 0.6 is 0 Å². The summed E-state index contributed by atoms with van der Waals surface area (Å²) >= 11 is 0. The third-order valence-corrected chi connectivity index (χ3v) is 14.8. The van der Waals surface area contributed by atoms with E-state index in [0.29, 0.717) is 0 Å². The molecule has 0 saturated heterocycles. The first kappa shape index (κ1) is 42.8. The van der Waals surface area contributed by atoms with Gasteiger partial charge in [0.1, 0.15) is 46.0 Å². The van der Waals surface area contributed by atoms with E-state index in [2.05, 4.69) is 251 Å². The summed E-state index contributed by atoms with van der Waals surface area (Å²) in [6.07, 6.45) is 0. The van der Waals surface area contributed by atoms with Gasteiger partial charge in [0.25, 0.3) is 13.4 Å². The minimum atomic E-state index is -0.0594. The minimum Gasteiger partial charge on any atom is -0.458 e. The Labute approximate surface area is 435 Å². The van der Waals surface area contributed by atoms with E-state index in [0.717, 1.165) is 130 Å². The van der Waals surface area contributed by atoms with Crippen LogP contribution < -0.4 is 66.4 Å². The molecule has 4 aliphatic rings. The van der Waals surface area contributed by atoms with E-state index >= 15 is 0 Å². The third kappa shape index (κ3) is 7.15. The summed E-state index contributed by atoms with van der Waals surface area (Å²) in [6, 6.07) is 91.2. The SMILES string of the molecule is c1ccc(N(c2ccccc2)c2cc(N(c3ccccc3)c3cc4c5c(c3)Oc3ccccc3B5c3ccccc3O4)cc(N(c3ccccc3)c3cc4c5c(c3)Oc3ccccc3B5c3ccccc3O4)c2)cc1. The quantitative estimate of drug-likeness (QED) is 0.134. The summed E-state index contributed by atoms with van der Waals surface area (Å²) in [4.78, 5) is 6.94. The van der Waals surface area contributed by atoms with Crippen LogP contribution in [0.25, 0.3) is 0 Å². The van der Waals surface area contributed by atoms with E-state index in [1.807, 2.05) is 24.3 Å². The smallest absolute Gasteiger partial charge is 0.260 e. The largest absolute Gasteiger partial charge is 0.458 e. The highest BCUT2D eigenvalue weighted by atomic mass is 16.5. The van der Waals surface area contributed by atoms with Crippen LogP contribution in [-0.2, 0) is 0 Å². The van der Waals surface area contributed by atoms with Crippen molar-refractivity contribution in [1.82, 2.24) is 0 Å². The van der Waals surface area contributed by atoms with Crippen molar-refractivity contribution in [2.75, 3.05) is 14.7 Å². The molecule has 11 aromatic carbocycles. The molecule has 0 aromatic heterocycles. The fourth-order valence-corrected chi connectivity index (χ4v) is 11.6. The Hall–Kier alpha value is -9.85. The number of benzene rings is 11. The van der Waals surface area contributed by atoms with Crippen LogP contribution in [0.5, 0.6) is 46.0 Å². The maximum absolute atomic E-state index is 6.93. The van der Waals surface area contributed by atoms with Gasteiger partial charge in [-0.25, -0.2) is 0 Å². The van der Waals surface area contributed by atoms with Gasteiger partial charge in [-0.3, -0.25) is 0 Å². The number of rotatable bonds is 9. The lowest BCUT2D eigenvalue weighted by atomic mass is 9.35. The number of ether oxygens (including phenoxy) is 4. The molecule has 0 N–H and O–H groups in total. The van der Waals surface area contributed by atoms with Crippen LogP contribution in [0.4, 0.5) is 51.2 Å². The van der Waals surface area contributed by atoms with Gasteiger partial charge < -0.3 is 33.6 Å². The molecule has 352 valence electrons. The van der Waals surface area contributed by atoms with Crippen molar-refractivity contribution in [3.05, 3.63) is 261 Å². The molecule has 0 unspecified atom stereocenters. The van der Waals surface area contributed by atoms with Gasteiger partial charge in [0, 0.05) is 57.9 Å². The lowest BCUT2D eigenvalue weighted by molar-refractivity contribution is 0.464. The second kappa shape index (κ2) is 17.4. The van der Waals surface area contributed by atoms with Crippen LogP contribution in [0.2, 0.25) is 0 Å². The van der Waals surface area contributed by atoms with Crippen molar-refractivity contribution in [2.24, 2.45) is 0 Å². The van der Waals surface area contributed by atoms with Crippen molar-refractivity contribution < 1.29 is 18.9 Å². The molecule has 0 atom stereocenters. The highest BCUT2D eigenvalue weighted by molar-refractivity contribution is 6.99. The van der Waals surface area contributed by atoms with Gasteiger partial charge >= 0.3 is 0 Å². The van der Waals surface area contributed by atoms with E-state index in [9.17, 15) is 0 Å². The van der Waals surface area contributed by atoms with Gasteiger partial charge in [-0.1, -0.05) is 146 Å². The summed E-state index contributed by atoms with van der Waals surface area (Å²) < 4.78 is 27.7. The van der Waals surface area contributed by atoms with Gasteiger partial charge in [-0.05, 0) is 113 Å². The maximum Gasteiger partial charge on any atom is 0.260 e. The lowest BCUT2D eigenvalue weighted by Gasteiger charge is -2.36. The third-order valence-electron chi connectivity index (χ3n) is 14.8. The monoisotopic (exact) mass is 963 g/mol. The standard InChI is InChI=1S/C66H43B2N3O4/c1-5-21-44(22-6-1)69(45-23-7-2-8-24-45)48-37-49(70(46-25-9-3-10-26-46)51-40-61-65-62(41-51)73-58-34-18-14-30-54(58)67(65)53-29-13-17-33-57(53)72-61)39-50(38-48)71(47-27-11-4-12-28-47)52-42-63-66-64(43-52)75-60-36-20-16-32-56(60)68(66)55-31-15-19-35-59(55)74-63/h1-43H. The van der Waals surface area contributed by atoms with Crippen molar-refractivity contribution >= 4 is 97.4 Å². The van der Waals surface area contributed by atoms with Crippen LogP contribution in [0, 0.1) is 0 Å². The maximum atomic E-state index is 6.93.